The number of hydrogen-bond acceptors (Lipinski definition) is 6. The van der Waals surface area contributed by atoms with Gasteiger partial charge in [0.05, 0.1) is 7.11 Å². The average Bonchev–Trinajstić information content (AvgIpc) is 3.08. The Balaban J connectivity index is 1.57. The number of benzene rings is 2. The molecular formula is C29H37F2N3O5. The van der Waals surface area contributed by atoms with E-state index in [1.54, 1.807) is 24.1 Å². The molecule has 2 aliphatic rings. The predicted molar refractivity (Wildman–Crippen MR) is 142 cm³/mol. The third kappa shape index (κ3) is 6.27. The van der Waals surface area contributed by atoms with Gasteiger partial charge >= 0.3 is 12.7 Å². The zero-order chi connectivity index (χ0) is 28.4. The third-order valence-corrected chi connectivity index (χ3v) is 7.44. The number of hydrogen-bond donors (Lipinski definition) is 0. The summed E-state index contributed by atoms with van der Waals surface area (Å²) in [5.74, 6) is 0.821. The number of nitrogens with zero attached hydrogens (tertiary/aromatic N) is 3. The summed E-state index contributed by atoms with van der Waals surface area (Å²) in [6.45, 7) is 3.82. The molecule has 1 atom stereocenters. The number of likely N-dealkylation sites (N-methyl/N-ethyl adjacent to an activating group) is 1. The smallest absolute Gasteiger partial charge is 0.410 e. The van der Waals surface area contributed by atoms with E-state index in [1.165, 1.54) is 12.1 Å². The normalized spacial score (nSPS) is 19.6. The van der Waals surface area contributed by atoms with Gasteiger partial charge in [0.1, 0.15) is 28.8 Å². The van der Waals surface area contributed by atoms with Crippen LogP contribution in [0.1, 0.15) is 50.9 Å². The van der Waals surface area contributed by atoms with Crippen molar-refractivity contribution in [3.63, 3.8) is 0 Å². The minimum atomic E-state index is -2.91. The van der Waals surface area contributed by atoms with Gasteiger partial charge in [-0.15, -0.1) is 0 Å². The number of rotatable bonds is 7. The molecule has 2 fully saturated rings. The average molecular weight is 546 g/mol. The number of alkyl halides is 2. The Morgan fingerprint density at radius 2 is 1.62 bits per heavy atom. The van der Waals surface area contributed by atoms with Gasteiger partial charge in [-0.2, -0.15) is 8.78 Å². The standard InChI is InChI=1S/C29H37F2N3O5/c1-28(2,3)39-27(36)33-18-15-29(16-19-33)25(35)34(17-14-20-6-10-22(37-5)11-7-20)24(32(29)4)21-8-12-23(13-9-21)38-26(30)31/h6-13,24,26H,14-19H2,1-5H3. The van der Waals surface area contributed by atoms with E-state index >= 15 is 0 Å². The highest BCUT2D eigenvalue weighted by atomic mass is 19.3. The van der Waals surface area contributed by atoms with Crippen molar-refractivity contribution in [3.05, 3.63) is 59.7 Å². The first kappa shape index (κ1) is 28.6. The fourth-order valence-electron chi connectivity index (χ4n) is 5.42. The van der Waals surface area contributed by atoms with Crippen molar-refractivity contribution in [3.8, 4) is 11.5 Å². The van der Waals surface area contributed by atoms with Gasteiger partial charge in [0.2, 0.25) is 5.91 Å². The van der Waals surface area contributed by atoms with E-state index in [9.17, 15) is 18.4 Å². The highest BCUT2D eigenvalue weighted by Gasteiger charge is 2.57. The molecule has 0 saturated carbocycles. The number of carbonyl (C=O) groups is 2. The van der Waals surface area contributed by atoms with Crippen LogP contribution in [0.25, 0.3) is 0 Å². The molecule has 39 heavy (non-hydrogen) atoms. The molecule has 8 nitrogen and oxygen atoms in total. The number of ether oxygens (including phenoxy) is 3. The molecule has 2 aliphatic heterocycles. The molecule has 2 aromatic carbocycles. The highest BCUT2D eigenvalue weighted by Crippen LogP contribution is 2.45. The Labute approximate surface area is 228 Å². The zero-order valence-corrected chi connectivity index (χ0v) is 23.2. The second kappa shape index (κ2) is 11.4. The van der Waals surface area contributed by atoms with Gasteiger partial charge in [-0.25, -0.2) is 4.79 Å². The largest absolute Gasteiger partial charge is 0.497 e. The van der Waals surface area contributed by atoms with Crippen LogP contribution in [0.15, 0.2) is 48.5 Å². The van der Waals surface area contributed by atoms with Crippen molar-refractivity contribution in [1.82, 2.24) is 14.7 Å². The Hall–Kier alpha value is -3.40. The SMILES string of the molecule is COc1ccc(CCN2C(=O)C3(CCN(C(=O)OC(C)(C)C)CC3)N(C)C2c2ccc(OC(F)F)cc2)cc1. The van der Waals surface area contributed by atoms with Crippen LogP contribution in [-0.4, -0.2) is 78.2 Å². The van der Waals surface area contributed by atoms with E-state index < -0.39 is 23.9 Å². The molecule has 0 aromatic heterocycles. The minimum Gasteiger partial charge on any atom is -0.497 e. The number of methoxy groups -OCH3 is 1. The van der Waals surface area contributed by atoms with Gasteiger partial charge in [-0.05, 0) is 82.5 Å². The van der Waals surface area contributed by atoms with Crippen LogP contribution in [0.4, 0.5) is 13.6 Å². The fourth-order valence-corrected chi connectivity index (χ4v) is 5.42. The summed E-state index contributed by atoms with van der Waals surface area (Å²) >= 11 is 0. The Kier molecular flexibility index (Phi) is 8.34. The van der Waals surface area contributed by atoms with Crippen LogP contribution in [0.5, 0.6) is 11.5 Å². The van der Waals surface area contributed by atoms with Gasteiger partial charge in [0, 0.05) is 19.6 Å². The lowest BCUT2D eigenvalue weighted by Gasteiger charge is -2.42. The lowest BCUT2D eigenvalue weighted by atomic mass is 9.86. The summed E-state index contributed by atoms with van der Waals surface area (Å²) in [5.41, 5.74) is 0.469. The van der Waals surface area contributed by atoms with E-state index in [4.69, 9.17) is 9.47 Å². The Morgan fingerprint density at radius 1 is 1.03 bits per heavy atom. The molecule has 10 heteroatoms. The maximum Gasteiger partial charge on any atom is 0.410 e. The van der Waals surface area contributed by atoms with Gasteiger partial charge < -0.3 is 24.0 Å². The first-order valence-electron chi connectivity index (χ1n) is 13.1. The summed E-state index contributed by atoms with van der Waals surface area (Å²) < 4.78 is 40.7. The van der Waals surface area contributed by atoms with Crippen molar-refractivity contribution >= 4 is 12.0 Å². The van der Waals surface area contributed by atoms with Gasteiger partial charge in [-0.3, -0.25) is 9.69 Å². The van der Waals surface area contributed by atoms with Gasteiger partial charge in [0.25, 0.3) is 0 Å². The van der Waals surface area contributed by atoms with Crippen LogP contribution in [0.3, 0.4) is 0 Å². The summed E-state index contributed by atoms with van der Waals surface area (Å²) in [5, 5.41) is 0. The minimum absolute atomic E-state index is 0.000238. The molecule has 4 rings (SSSR count). The second-order valence-corrected chi connectivity index (χ2v) is 11.0. The molecule has 0 bridgehead atoms. The van der Waals surface area contributed by atoms with E-state index in [1.807, 2.05) is 57.0 Å². The number of piperidine rings is 1. The molecule has 2 heterocycles. The van der Waals surface area contributed by atoms with Crippen molar-refractivity contribution in [2.24, 2.45) is 0 Å². The molecule has 2 aromatic rings. The molecule has 2 amide bonds. The zero-order valence-electron chi connectivity index (χ0n) is 23.2. The molecule has 0 radical (unpaired) electrons. The van der Waals surface area contributed by atoms with E-state index in [0.717, 1.165) is 16.9 Å². The summed E-state index contributed by atoms with van der Waals surface area (Å²) in [6, 6.07) is 14.2. The Morgan fingerprint density at radius 3 is 2.15 bits per heavy atom. The third-order valence-electron chi connectivity index (χ3n) is 7.44. The molecule has 212 valence electrons. The molecule has 0 N–H and O–H groups in total. The summed E-state index contributed by atoms with van der Waals surface area (Å²) in [4.78, 5) is 32.4. The lowest BCUT2D eigenvalue weighted by Crippen LogP contribution is -2.56. The highest BCUT2D eigenvalue weighted by molar-refractivity contribution is 5.89. The molecular weight excluding hydrogens is 508 g/mol. The van der Waals surface area contributed by atoms with E-state index in [0.29, 0.717) is 38.9 Å². The number of likely N-dealkylation sites (tertiary alicyclic amines) is 1. The molecule has 2 saturated heterocycles. The first-order valence-corrected chi connectivity index (χ1v) is 13.1. The second-order valence-electron chi connectivity index (χ2n) is 11.0. The molecule has 1 unspecified atom stereocenters. The van der Waals surface area contributed by atoms with Crippen molar-refractivity contribution in [2.75, 3.05) is 33.8 Å². The Bertz CT molecular complexity index is 1140. The summed E-state index contributed by atoms with van der Waals surface area (Å²) in [6.07, 6.45) is 0.776. The quantitative estimate of drug-likeness (QED) is 0.483. The van der Waals surface area contributed by atoms with Crippen molar-refractivity contribution in [2.45, 2.75) is 64.0 Å². The number of carbonyl (C=O) groups excluding carboxylic acids is 2. The topological polar surface area (TPSA) is 71.5 Å². The van der Waals surface area contributed by atoms with Crippen LogP contribution in [0.2, 0.25) is 0 Å². The fraction of sp³-hybridized carbons (Fsp3) is 0.517. The molecule has 1 spiro atoms. The summed E-state index contributed by atoms with van der Waals surface area (Å²) in [7, 11) is 3.53. The van der Waals surface area contributed by atoms with E-state index in [-0.39, 0.29) is 17.7 Å². The predicted octanol–water partition coefficient (Wildman–Crippen LogP) is 5.08. The van der Waals surface area contributed by atoms with Crippen LogP contribution in [0, 0.1) is 0 Å². The van der Waals surface area contributed by atoms with Crippen molar-refractivity contribution < 1.29 is 32.6 Å². The number of halogens is 2. The van der Waals surface area contributed by atoms with Gasteiger partial charge in [0.15, 0.2) is 0 Å². The number of amides is 2. The lowest BCUT2D eigenvalue weighted by molar-refractivity contribution is -0.135. The maximum atomic E-state index is 14.1. The maximum absolute atomic E-state index is 14.1. The van der Waals surface area contributed by atoms with Crippen molar-refractivity contribution in [1.29, 1.82) is 0 Å². The van der Waals surface area contributed by atoms with Crippen LogP contribution in [-0.2, 0) is 16.0 Å². The van der Waals surface area contributed by atoms with Crippen LogP contribution >= 0.6 is 0 Å². The monoisotopic (exact) mass is 545 g/mol. The first-order chi connectivity index (χ1) is 18.4. The van der Waals surface area contributed by atoms with E-state index in [2.05, 4.69) is 9.64 Å². The van der Waals surface area contributed by atoms with Gasteiger partial charge in [-0.1, -0.05) is 24.3 Å². The molecule has 0 aliphatic carbocycles. The van der Waals surface area contributed by atoms with Crippen LogP contribution < -0.4 is 9.47 Å².